The van der Waals surface area contributed by atoms with Crippen molar-refractivity contribution in [2.75, 3.05) is 18.6 Å². The smallest absolute Gasteiger partial charge is 0.341 e. The topological polar surface area (TPSA) is 92.7 Å². The van der Waals surface area contributed by atoms with Crippen LogP contribution in [-0.2, 0) is 14.1 Å². The lowest BCUT2D eigenvalue weighted by molar-refractivity contribution is -0.154. The maximum absolute atomic E-state index is 12.5. The van der Waals surface area contributed by atoms with Gasteiger partial charge in [0.2, 0.25) is 0 Å². The summed E-state index contributed by atoms with van der Waals surface area (Å²) in [5, 5.41) is 12.2. The van der Waals surface area contributed by atoms with Crippen LogP contribution in [0.2, 0.25) is 0 Å². The molecule has 1 rings (SSSR count). The fourth-order valence-corrected chi connectivity index (χ4v) is 3.09. The molecule has 0 spiro atoms. The van der Waals surface area contributed by atoms with Crippen LogP contribution >= 0.6 is 7.14 Å². The Morgan fingerprint density at radius 2 is 1.92 bits per heavy atom. The van der Waals surface area contributed by atoms with E-state index >= 15 is 0 Å². The fraction of sp³-hybridized carbons (Fsp3) is 0.412. The molecule has 2 N–H and O–H groups in total. The molecule has 0 radical (unpaired) electrons. The van der Waals surface area contributed by atoms with Crippen LogP contribution in [0.3, 0.4) is 0 Å². The van der Waals surface area contributed by atoms with Crippen LogP contribution in [0, 0.1) is 12.3 Å². The lowest BCUT2D eigenvalue weighted by Crippen LogP contribution is -2.36. The minimum atomic E-state index is -2.81. The molecule has 0 fully saturated rings. The molecule has 1 aromatic rings. The zero-order valence-corrected chi connectivity index (χ0v) is 15.3. The lowest BCUT2D eigenvalue weighted by atomic mass is 10.1. The molecule has 1 aromatic carbocycles. The zero-order chi connectivity index (χ0) is 18.7. The van der Waals surface area contributed by atoms with E-state index < -0.39 is 30.7 Å². The van der Waals surface area contributed by atoms with Gasteiger partial charge in [-0.15, -0.1) is 6.42 Å². The average Bonchev–Trinajstić information content (AvgIpc) is 2.41. The van der Waals surface area contributed by atoms with Crippen LogP contribution in [0.15, 0.2) is 18.2 Å². The molecule has 0 aliphatic heterocycles. The van der Waals surface area contributed by atoms with Crippen LogP contribution in [0.4, 0.5) is 5.69 Å². The quantitative estimate of drug-likeness (QED) is 0.481. The Kier molecular flexibility index (Phi) is 5.86. The van der Waals surface area contributed by atoms with Gasteiger partial charge in [0, 0.05) is 11.0 Å². The van der Waals surface area contributed by atoms with Crippen molar-refractivity contribution in [2.24, 2.45) is 0 Å². The lowest BCUT2D eigenvalue weighted by Gasteiger charge is -2.24. The normalized spacial score (nSPS) is 12.8. The van der Waals surface area contributed by atoms with Crippen molar-refractivity contribution < 1.29 is 24.0 Å². The Morgan fingerprint density at radius 1 is 1.33 bits per heavy atom. The van der Waals surface area contributed by atoms with Crippen LogP contribution < -0.4 is 10.6 Å². The first-order valence-corrected chi connectivity index (χ1v) is 9.83. The van der Waals surface area contributed by atoms with Crippen molar-refractivity contribution in [1.29, 1.82) is 0 Å². The number of carbonyl (C=O) groups is 2. The van der Waals surface area contributed by atoms with E-state index in [1.807, 2.05) is 0 Å². The van der Waals surface area contributed by atoms with E-state index in [0.717, 1.165) is 0 Å². The second kappa shape index (κ2) is 7.11. The number of carboxylic acid groups (broad SMARTS) is 1. The molecule has 0 aromatic heterocycles. The highest BCUT2D eigenvalue weighted by atomic mass is 31.2. The highest BCUT2D eigenvalue weighted by Gasteiger charge is 2.26. The molecular formula is C17H22NO5P. The van der Waals surface area contributed by atoms with Gasteiger partial charge in [0.25, 0.3) is 0 Å². The molecule has 0 aliphatic rings. The summed E-state index contributed by atoms with van der Waals surface area (Å²) >= 11 is 0. The second-order valence-electron chi connectivity index (χ2n) is 6.67. The molecule has 1 unspecified atom stereocenters. The van der Waals surface area contributed by atoms with Gasteiger partial charge in [0.1, 0.15) is 12.7 Å². The van der Waals surface area contributed by atoms with Crippen molar-refractivity contribution in [3.05, 3.63) is 23.8 Å². The number of hydrogen-bond donors (Lipinski definition) is 2. The molecule has 0 amide bonds. The summed E-state index contributed by atoms with van der Waals surface area (Å²) < 4.78 is 17.7. The van der Waals surface area contributed by atoms with E-state index in [4.69, 9.17) is 16.3 Å². The molecule has 24 heavy (non-hydrogen) atoms. The summed E-state index contributed by atoms with van der Waals surface area (Å²) in [6.45, 7) is 8.18. The summed E-state index contributed by atoms with van der Waals surface area (Å²) in [6.07, 6.45) is 5.40. The first-order valence-electron chi connectivity index (χ1n) is 7.23. The van der Waals surface area contributed by atoms with E-state index in [2.05, 4.69) is 11.2 Å². The largest absolute Gasteiger partial charge is 0.478 e. The zero-order valence-electron chi connectivity index (χ0n) is 14.4. The number of benzene rings is 1. The van der Waals surface area contributed by atoms with E-state index in [9.17, 15) is 14.2 Å². The number of carbonyl (C=O) groups excluding carboxylic acids is 1. The fourth-order valence-electron chi connectivity index (χ4n) is 1.92. The first-order chi connectivity index (χ1) is 10.8. The number of ether oxygens (including phenoxy) is 1. The van der Waals surface area contributed by atoms with E-state index in [1.54, 1.807) is 20.8 Å². The molecule has 0 heterocycles. The highest BCUT2D eigenvalue weighted by Crippen LogP contribution is 2.38. The van der Waals surface area contributed by atoms with Crippen LogP contribution in [-0.4, -0.2) is 42.0 Å². The molecule has 1 atom stereocenters. The first kappa shape index (κ1) is 19.8. The maximum Gasteiger partial charge on any atom is 0.341 e. The SMILES string of the molecule is C#CC(Nc1ccc(C(=O)O)cc1P(C)(C)=O)C(=O)OC(C)(C)C. The van der Waals surface area contributed by atoms with Crippen molar-refractivity contribution in [1.82, 2.24) is 0 Å². The van der Waals surface area contributed by atoms with Gasteiger partial charge in [0.15, 0.2) is 6.04 Å². The second-order valence-corrected chi connectivity index (χ2v) is 9.85. The number of anilines is 1. The predicted octanol–water partition coefficient (Wildman–Crippen LogP) is 2.39. The summed E-state index contributed by atoms with van der Waals surface area (Å²) in [5.41, 5.74) is -0.342. The summed E-state index contributed by atoms with van der Waals surface area (Å²) in [6, 6.07) is 3.05. The van der Waals surface area contributed by atoms with E-state index in [0.29, 0.717) is 11.0 Å². The van der Waals surface area contributed by atoms with E-state index in [-0.39, 0.29) is 5.56 Å². The molecular weight excluding hydrogens is 329 g/mol. The van der Waals surface area contributed by atoms with Gasteiger partial charge >= 0.3 is 11.9 Å². The summed E-state index contributed by atoms with van der Waals surface area (Å²) in [4.78, 5) is 23.3. The monoisotopic (exact) mass is 351 g/mol. The minimum absolute atomic E-state index is 0.00833. The van der Waals surface area contributed by atoms with Crippen LogP contribution in [0.5, 0.6) is 0 Å². The highest BCUT2D eigenvalue weighted by molar-refractivity contribution is 7.70. The molecule has 0 saturated carbocycles. The van der Waals surface area contributed by atoms with Crippen molar-refractivity contribution in [2.45, 2.75) is 32.4 Å². The summed E-state index contributed by atoms with van der Waals surface area (Å²) in [5.74, 6) is 0.531. The van der Waals surface area contributed by atoms with Gasteiger partial charge in [-0.3, -0.25) is 0 Å². The Bertz CT molecular complexity index is 736. The van der Waals surface area contributed by atoms with Crippen molar-refractivity contribution in [3.63, 3.8) is 0 Å². The van der Waals surface area contributed by atoms with Crippen molar-refractivity contribution in [3.8, 4) is 12.3 Å². The Balaban J connectivity index is 3.22. The van der Waals surface area contributed by atoms with Gasteiger partial charge < -0.3 is 19.7 Å². The Hall–Kier alpha value is -2.25. The Morgan fingerprint density at radius 3 is 2.33 bits per heavy atom. The molecule has 0 bridgehead atoms. The van der Waals surface area contributed by atoms with E-state index in [1.165, 1.54) is 31.5 Å². The number of hydrogen-bond acceptors (Lipinski definition) is 5. The molecule has 7 heteroatoms. The summed E-state index contributed by atoms with van der Waals surface area (Å²) in [7, 11) is -2.81. The number of terminal acetylenes is 1. The molecule has 0 aliphatic carbocycles. The van der Waals surface area contributed by atoms with Gasteiger partial charge in [-0.25, -0.2) is 9.59 Å². The molecule has 130 valence electrons. The van der Waals surface area contributed by atoms with Gasteiger partial charge in [-0.1, -0.05) is 5.92 Å². The van der Waals surface area contributed by atoms with Gasteiger partial charge in [-0.05, 0) is 52.3 Å². The Labute approximate surface area is 142 Å². The number of nitrogens with one attached hydrogen (secondary N) is 1. The van der Waals surface area contributed by atoms with Gasteiger partial charge in [-0.2, -0.15) is 0 Å². The third kappa shape index (κ3) is 5.43. The molecule has 0 saturated heterocycles. The van der Waals surface area contributed by atoms with Crippen molar-refractivity contribution >= 4 is 30.1 Å². The van der Waals surface area contributed by atoms with Crippen LogP contribution in [0.25, 0.3) is 0 Å². The number of carboxylic acids is 1. The standard InChI is InChI=1S/C17H22NO5P/c1-7-12(16(21)23-17(2,3)4)18-13-9-8-11(15(19)20)10-14(13)24(5,6)22/h1,8-10,12,18H,2-6H3,(H,19,20). The van der Waals surface area contributed by atoms with Gasteiger partial charge in [0.05, 0.1) is 5.56 Å². The average molecular weight is 351 g/mol. The molecule has 6 nitrogen and oxygen atoms in total. The third-order valence-electron chi connectivity index (χ3n) is 2.93. The maximum atomic E-state index is 12.5. The minimum Gasteiger partial charge on any atom is -0.478 e. The third-order valence-corrected chi connectivity index (χ3v) is 4.46. The number of aromatic carboxylic acids is 1. The predicted molar refractivity (Wildman–Crippen MR) is 94.6 cm³/mol. The van der Waals surface area contributed by atoms with Crippen LogP contribution in [0.1, 0.15) is 31.1 Å². The number of rotatable bonds is 5. The number of esters is 1.